The van der Waals surface area contributed by atoms with Crippen molar-refractivity contribution in [2.24, 2.45) is 0 Å². The van der Waals surface area contributed by atoms with Gasteiger partial charge in [-0.1, -0.05) is 247 Å². The van der Waals surface area contributed by atoms with Crippen molar-refractivity contribution < 1.29 is 61.7 Å². The van der Waals surface area contributed by atoms with E-state index in [4.69, 9.17) is 52.1 Å². The van der Waals surface area contributed by atoms with Crippen LogP contribution in [0.25, 0.3) is 0 Å². The van der Waals surface area contributed by atoms with Crippen molar-refractivity contribution in [1.29, 1.82) is 0 Å². The molecule has 2 heterocycles. The molecule has 2 fully saturated rings. The average Bonchev–Trinajstić information content (AvgIpc) is 0.943. The molecular formula is C76H99NO13. The van der Waals surface area contributed by atoms with Crippen LogP contribution >= 0.6 is 0 Å². The van der Waals surface area contributed by atoms with E-state index in [1.165, 1.54) is 26.2 Å². The van der Waals surface area contributed by atoms with E-state index in [-0.39, 0.29) is 77.1 Å². The first-order valence-electron chi connectivity index (χ1n) is 33.0. The summed E-state index contributed by atoms with van der Waals surface area (Å²) in [5.74, 6) is -0.262. The van der Waals surface area contributed by atoms with Crippen LogP contribution in [0, 0.1) is 0 Å². The molecule has 0 unspecified atom stereocenters. The summed E-state index contributed by atoms with van der Waals surface area (Å²) in [6.45, 7) is 5.43. The number of rotatable bonds is 41. The number of hydrogen-bond acceptors (Lipinski definition) is 13. The molecule has 0 saturated carbocycles. The van der Waals surface area contributed by atoms with Gasteiger partial charge in [-0.3, -0.25) is 9.59 Å². The SMILES string of the molecule is CCCCCC[C@H](CCCCCCCCCCC(=O)N(C[C@H]1O[C@H](OC)[C@H](OCc2ccccc2)[C@@H](OCc2ccccc2)[C@@H]1OCc1ccccc1)C[C@H]1O[C@H](OC)[C@H](OCc2ccccc2)[C@@H](OCc2ccccc2)[C@@H]1OCc1ccccc1)OC(C)=O. The first-order chi connectivity index (χ1) is 44.3. The highest BCUT2D eigenvalue weighted by atomic mass is 16.7. The predicted molar refractivity (Wildman–Crippen MR) is 349 cm³/mol. The normalized spacial score (nSPS) is 22.0. The molecule has 0 radical (unpaired) electrons. The predicted octanol–water partition coefficient (Wildman–Crippen LogP) is 14.9. The molecule has 14 nitrogen and oxygen atoms in total. The van der Waals surface area contributed by atoms with Gasteiger partial charge in [0.2, 0.25) is 5.91 Å². The maximum Gasteiger partial charge on any atom is 0.302 e. The Morgan fingerprint density at radius 1 is 0.389 bits per heavy atom. The second kappa shape index (κ2) is 40.0. The molecular weight excluding hydrogens is 1130 g/mol. The van der Waals surface area contributed by atoms with Gasteiger partial charge in [-0.2, -0.15) is 0 Å². The highest BCUT2D eigenvalue weighted by molar-refractivity contribution is 5.76. The molecule has 486 valence electrons. The van der Waals surface area contributed by atoms with Crippen LogP contribution in [0.3, 0.4) is 0 Å². The molecule has 2 aliphatic rings. The largest absolute Gasteiger partial charge is 0.463 e. The van der Waals surface area contributed by atoms with Gasteiger partial charge in [-0.25, -0.2) is 0 Å². The van der Waals surface area contributed by atoms with E-state index in [2.05, 4.69) is 6.92 Å². The van der Waals surface area contributed by atoms with Crippen LogP contribution in [0.1, 0.15) is 144 Å². The fraction of sp³-hybridized carbons (Fsp3) is 0.500. The van der Waals surface area contributed by atoms with E-state index < -0.39 is 61.4 Å². The summed E-state index contributed by atoms with van der Waals surface area (Å²) in [7, 11) is 3.23. The molecule has 0 bridgehead atoms. The third-order valence-electron chi connectivity index (χ3n) is 16.9. The van der Waals surface area contributed by atoms with E-state index in [1.54, 1.807) is 14.2 Å². The summed E-state index contributed by atoms with van der Waals surface area (Å²) in [4.78, 5) is 29.3. The van der Waals surface area contributed by atoms with E-state index in [1.807, 2.05) is 187 Å². The number of amides is 1. The van der Waals surface area contributed by atoms with Crippen molar-refractivity contribution in [3.63, 3.8) is 0 Å². The number of ether oxygens (including phenoxy) is 11. The molecule has 2 aliphatic heterocycles. The highest BCUT2D eigenvalue weighted by Gasteiger charge is 2.52. The minimum Gasteiger partial charge on any atom is -0.463 e. The van der Waals surface area contributed by atoms with Crippen LogP contribution in [-0.2, 0) is 101 Å². The number of nitrogens with zero attached hydrogens (tertiary/aromatic N) is 1. The number of methoxy groups -OCH3 is 2. The molecule has 14 heteroatoms. The molecule has 0 aromatic heterocycles. The molecule has 0 spiro atoms. The fourth-order valence-corrected chi connectivity index (χ4v) is 12.0. The summed E-state index contributed by atoms with van der Waals surface area (Å²) in [5, 5.41) is 0. The molecule has 6 aromatic carbocycles. The number of unbranched alkanes of at least 4 members (excludes halogenated alkanes) is 10. The Labute approximate surface area is 536 Å². The first-order valence-corrected chi connectivity index (χ1v) is 33.0. The van der Waals surface area contributed by atoms with Gasteiger partial charge in [0.05, 0.1) is 39.6 Å². The Bertz CT molecular complexity index is 2680. The Hall–Kier alpha value is -6.14. The van der Waals surface area contributed by atoms with E-state index in [0.717, 1.165) is 97.6 Å². The highest BCUT2D eigenvalue weighted by Crippen LogP contribution is 2.35. The Morgan fingerprint density at radius 2 is 0.678 bits per heavy atom. The van der Waals surface area contributed by atoms with Crippen molar-refractivity contribution in [3.05, 3.63) is 215 Å². The van der Waals surface area contributed by atoms with Crippen LogP contribution in [-0.4, -0.2) is 112 Å². The van der Waals surface area contributed by atoms with Crippen LogP contribution in [0.5, 0.6) is 0 Å². The van der Waals surface area contributed by atoms with Crippen molar-refractivity contribution in [1.82, 2.24) is 4.90 Å². The van der Waals surface area contributed by atoms with Crippen molar-refractivity contribution in [2.45, 2.75) is 217 Å². The number of esters is 1. The van der Waals surface area contributed by atoms with Gasteiger partial charge in [0.25, 0.3) is 0 Å². The average molecular weight is 1230 g/mol. The topological polar surface area (TPSA) is 139 Å². The molecule has 2 saturated heterocycles. The zero-order valence-corrected chi connectivity index (χ0v) is 53.7. The van der Waals surface area contributed by atoms with Gasteiger partial charge in [-0.05, 0) is 65.5 Å². The molecule has 1 amide bonds. The lowest BCUT2D eigenvalue weighted by Crippen LogP contribution is -2.65. The number of carbonyl (C=O) groups is 2. The second-order valence-corrected chi connectivity index (χ2v) is 23.9. The zero-order chi connectivity index (χ0) is 62.8. The zero-order valence-electron chi connectivity index (χ0n) is 53.7. The standard InChI is InChI=1S/C76H99NO13/c1-5-6-7-32-47-65(88-58(2)78)48-33-12-10-8-9-11-13-34-49-68(79)77(50-66-69(82-52-59-35-20-14-21-36-59)71(84-54-61-39-24-16-25-40-61)73(75(80-3)89-66)86-56-63-43-28-18-29-44-63)51-67-70(83-53-60-37-22-15-23-38-60)72(85-55-62-41-26-17-27-42-62)74(76(81-4)90-67)87-57-64-45-30-19-31-46-64/h14-31,35-46,65-67,69-76H,5-13,32-34,47-57H2,1-4H3/t65-,66-,67-,69-,70-,71+,72+,73-,74-,75+,76+/m1/s1. The number of benzene rings is 6. The van der Waals surface area contributed by atoms with Crippen LogP contribution in [0.4, 0.5) is 0 Å². The minimum absolute atomic E-state index is 0.00421. The molecule has 90 heavy (non-hydrogen) atoms. The summed E-state index contributed by atoms with van der Waals surface area (Å²) < 4.78 is 74.4. The maximum atomic E-state index is 15.6. The van der Waals surface area contributed by atoms with E-state index in [9.17, 15) is 4.79 Å². The van der Waals surface area contributed by atoms with Gasteiger partial charge in [-0.15, -0.1) is 0 Å². The third-order valence-corrected chi connectivity index (χ3v) is 16.9. The van der Waals surface area contributed by atoms with Gasteiger partial charge < -0.3 is 57.0 Å². The van der Waals surface area contributed by atoms with Gasteiger partial charge in [0.15, 0.2) is 12.6 Å². The van der Waals surface area contributed by atoms with Crippen molar-refractivity contribution >= 4 is 11.9 Å². The quantitative estimate of drug-likeness (QED) is 0.0266. The lowest BCUT2D eigenvalue weighted by atomic mass is 9.95. The smallest absolute Gasteiger partial charge is 0.302 e. The van der Waals surface area contributed by atoms with Crippen LogP contribution in [0.2, 0.25) is 0 Å². The fourth-order valence-electron chi connectivity index (χ4n) is 12.0. The summed E-state index contributed by atoms with van der Waals surface area (Å²) in [6.07, 6.45) is 6.94. The molecule has 0 aliphatic carbocycles. The van der Waals surface area contributed by atoms with Gasteiger partial charge in [0.1, 0.15) is 54.9 Å². The summed E-state index contributed by atoms with van der Waals surface area (Å²) >= 11 is 0. The Balaban J connectivity index is 1.08. The van der Waals surface area contributed by atoms with E-state index >= 15 is 4.79 Å². The molecule has 11 atom stereocenters. The van der Waals surface area contributed by atoms with Crippen molar-refractivity contribution in [3.8, 4) is 0 Å². The summed E-state index contributed by atoms with van der Waals surface area (Å²) in [6, 6.07) is 60.2. The number of hydrogen-bond donors (Lipinski definition) is 0. The van der Waals surface area contributed by atoms with Crippen LogP contribution < -0.4 is 0 Å². The van der Waals surface area contributed by atoms with Crippen molar-refractivity contribution in [2.75, 3.05) is 27.3 Å². The Kier molecular flexibility index (Phi) is 31.0. The van der Waals surface area contributed by atoms with E-state index in [0.29, 0.717) is 6.42 Å². The monoisotopic (exact) mass is 1230 g/mol. The summed E-state index contributed by atoms with van der Waals surface area (Å²) in [5.41, 5.74) is 5.85. The number of carbonyl (C=O) groups excluding carboxylic acids is 2. The van der Waals surface area contributed by atoms with Gasteiger partial charge >= 0.3 is 5.97 Å². The lowest BCUT2D eigenvalue weighted by Gasteiger charge is -2.48. The van der Waals surface area contributed by atoms with Crippen LogP contribution in [0.15, 0.2) is 182 Å². The lowest BCUT2D eigenvalue weighted by molar-refractivity contribution is -0.324. The molecule has 6 aromatic rings. The first kappa shape index (κ1) is 69.7. The minimum atomic E-state index is -0.914. The molecule has 0 N–H and O–H groups in total. The Morgan fingerprint density at radius 3 is 0.989 bits per heavy atom. The maximum absolute atomic E-state index is 15.6. The third kappa shape index (κ3) is 23.5. The molecule has 8 rings (SSSR count). The van der Waals surface area contributed by atoms with Gasteiger partial charge in [0, 0.05) is 40.7 Å². The second-order valence-electron chi connectivity index (χ2n) is 23.9.